The van der Waals surface area contributed by atoms with Crippen molar-refractivity contribution >= 4 is 18.6 Å². The Morgan fingerprint density at radius 1 is 1.17 bits per heavy atom. The maximum Gasteiger partial charge on any atom is 0.316 e. The van der Waals surface area contributed by atoms with Gasteiger partial charge in [-0.05, 0) is 36.2 Å². The predicted molar refractivity (Wildman–Crippen MR) is 93.4 cm³/mol. The van der Waals surface area contributed by atoms with Gasteiger partial charge in [0.2, 0.25) is 0 Å². The summed E-state index contributed by atoms with van der Waals surface area (Å²) in [6.45, 7) is 1.51. The molecule has 0 saturated carbocycles. The van der Waals surface area contributed by atoms with E-state index >= 15 is 0 Å². The molecule has 0 aliphatic rings. The van der Waals surface area contributed by atoms with Crippen LogP contribution < -0.4 is 0 Å². The van der Waals surface area contributed by atoms with Gasteiger partial charge < -0.3 is 9.52 Å². The maximum absolute atomic E-state index is 12.9. The molecule has 1 unspecified atom stereocenters. The molecule has 0 saturated heterocycles. The number of benzene rings is 2. The zero-order chi connectivity index (χ0) is 17.5. The molecular formula is C18H16FNO3S. The lowest BCUT2D eigenvalue weighted by Crippen LogP contribution is -2.06. The normalized spacial score (nSPS) is 11.3. The van der Waals surface area contributed by atoms with Crippen LogP contribution in [0.15, 0.2) is 65.5 Å². The fourth-order valence-corrected chi connectivity index (χ4v) is 1.85. The molecule has 124 valence electrons. The van der Waals surface area contributed by atoms with E-state index in [2.05, 4.69) is 17.6 Å². The van der Waals surface area contributed by atoms with Crippen molar-refractivity contribution in [1.82, 2.24) is 4.98 Å². The van der Waals surface area contributed by atoms with Crippen LogP contribution in [-0.2, 0) is 4.79 Å². The molecule has 1 atom stereocenters. The molecular weight excluding hydrogens is 329 g/mol. The molecule has 1 heterocycles. The first-order chi connectivity index (χ1) is 11.5. The van der Waals surface area contributed by atoms with Crippen molar-refractivity contribution in [2.75, 3.05) is 0 Å². The molecule has 6 heteroatoms. The summed E-state index contributed by atoms with van der Waals surface area (Å²) in [6, 6.07) is 14.3. The van der Waals surface area contributed by atoms with Crippen molar-refractivity contribution in [2.24, 2.45) is 0 Å². The number of halogens is 1. The number of carbonyl (C=O) groups is 1. The number of hydrogen-bond acceptors (Lipinski definition) is 4. The second-order valence-electron chi connectivity index (χ2n) is 4.97. The number of hydrogen-bond donors (Lipinski definition) is 2. The number of carboxylic acid groups (broad SMARTS) is 1. The fourth-order valence-electron chi connectivity index (χ4n) is 1.85. The summed E-state index contributed by atoms with van der Waals surface area (Å²) in [5, 5.41) is 7.38. The molecule has 0 spiro atoms. The third-order valence-corrected chi connectivity index (χ3v) is 3.34. The molecule has 2 aromatic carbocycles. The minimum atomic E-state index is -0.877. The monoisotopic (exact) mass is 345 g/mol. The fraction of sp³-hybridized carbons (Fsp3) is 0.111. The van der Waals surface area contributed by atoms with Crippen LogP contribution in [0.5, 0.6) is 0 Å². The smallest absolute Gasteiger partial charge is 0.316 e. The first-order valence-electron chi connectivity index (χ1n) is 7.13. The van der Waals surface area contributed by atoms with E-state index in [-0.39, 0.29) is 5.82 Å². The first-order valence-corrected chi connectivity index (χ1v) is 7.64. The Morgan fingerprint density at radius 3 is 2.33 bits per heavy atom. The number of oxazole rings is 1. The van der Waals surface area contributed by atoms with Gasteiger partial charge in [0.05, 0.1) is 11.4 Å². The number of rotatable bonds is 3. The van der Waals surface area contributed by atoms with Gasteiger partial charge in [0, 0.05) is 5.56 Å². The lowest BCUT2D eigenvalue weighted by Gasteiger charge is -2.03. The third-order valence-electron chi connectivity index (χ3n) is 3.11. The molecule has 24 heavy (non-hydrogen) atoms. The van der Waals surface area contributed by atoms with Crippen LogP contribution in [0.1, 0.15) is 6.92 Å². The van der Waals surface area contributed by atoms with Gasteiger partial charge in [-0.2, -0.15) is 12.6 Å². The summed E-state index contributed by atoms with van der Waals surface area (Å²) in [5.74, 6) is -0.387. The zero-order valence-electron chi connectivity index (χ0n) is 12.9. The summed E-state index contributed by atoms with van der Waals surface area (Å²) >= 11 is 3.59. The van der Waals surface area contributed by atoms with E-state index in [1.807, 2.05) is 24.3 Å². The largest absolute Gasteiger partial charge is 0.480 e. The molecule has 0 amide bonds. The highest BCUT2D eigenvalue weighted by atomic mass is 32.1. The Labute approximate surface area is 144 Å². The maximum atomic E-state index is 12.9. The van der Waals surface area contributed by atoms with Gasteiger partial charge in [-0.25, -0.2) is 9.37 Å². The molecule has 0 radical (unpaired) electrons. The van der Waals surface area contributed by atoms with E-state index in [0.29, 0.717) is 0 Å². The van der Waals surface area contributed by atoms with E-state index in [1.165, 1.54) is 25.5 Å². The number of aromatic nitrogens is 1. The van der Waals surface area contributed by atoms with Gasteiger partial charge >= 0.3 is 5.97 Å². The minimum absolute atomic E-state index is 0.231. The van der Waals surface area contributed by atoms with Crippen molar-refractivity contribution in [1.29, 1.82) is 0 Å². The number of carboxylic acids is 1. The van der Waals surface area contributed by atoms with Gasteiger partial charge in [-0.3, -0.25) is 4.79 Å². The third kappa shape index (κ3) is 4.96. The van der Waals surface area contributed by atoms with Crippen LogP contribution >= 0.6 is 12.6 Å². The number of aliphatic carboxylic acids is 1. The van der Waals surface area contributed by atoms with E-state index in [9.17, 15) is 9.18 Å². The summed E-state index contributed by atoms with van der Waals surface area (Å²) in [4.78, 5) is 13.5. The van der Waals surface area contributed by atoms with Crippen molar-refractivity contribution < 1.29 is 18.7 Å². The lowest BCUT2D eigenvalue weighted by atomic mass is 10.0. The molecule has 1 aromatic heterocycles. The van der Waals surface area contributed by atoms with Gasteiger partial charge in [0.15, 0.2) is 12.2 Å². The second kappa shape index (κ2) is 8.31. The zero-order valence-corrected chi connectivity index (χ0v) is 13.8. The average Bonchev–Trinajstić information content (AvgIpc) is 3.11. The molecule has 3 rings (SSSR count). The van der Waals surface area contributed by atoms with Crippen LogP contribution in [0.3, 0.4) is 0 Å². The van der Waals surface area contributed by atoms with Crippen LogP contribution in [0.4, 0.5) is 4.39 Å². The van der Waals surface area contributed by atoms with Crippen LogP contribution in [0.25, 0.3) is 22.5 Å². The molecule has 3 aromatic rings. The Hall–Kier alpha value is -2.60. The van der Waals surface area contributed by atoms with E-state index in [0.717, 1.165) is 22.5 Å². The summed E-state index contributed by atoms with van der Waals surface area (Å²) in [7, 11) is 0. The average molecular weight is 345 g/mol. The molecule has 0 aliphatic carbocycles. The SMILES string of the molecule is CC(S)C(=O)O.Fc1ccc(-c2cccc(-c3cnco3)c2)cc1. The van der Waals surface area contributed by atoms with Crippen LogP contribution in [-0.4, -0.2) is 21.3 Å². The second-order valence-corrected chi connectivity index (χ2v) is 5.74. The molecule has 1 N–H and O–H groups in total. The molecule has 0 aliphatic heterocycles. The Kier molecular flexibility index (Phi) is 6.14. The van der Waals surface area contributed by atoms with Gasteiger partial charge in [0.1, 0.15) is 5.82 Å². The van der Waals surface area contributed by atoms with Gasteiger partial charge in [0.25, 0.3) is 0 Å². The van der Waals surface area contributed by atoms with E-state index in [4.69, 9.17) is 9.52 Å². The van der Waals surface area contributed by atoms with Crippen molar-refractivity contribution in [3.8, 4) is 22.5 Å². The number of thiol groups is 1. The van der Waals surface area contributed by atoms with Crippen molar-refractivity contribution in [2.45, 2.75) is 12.2 Å². The quantitative estimate of drug-likeness (QED) is 0.684. The van der Waals surface area contributed by atoms with E-state index in [1.54, 1.807) is 18.3 Å². The van der Waals surface area contributed by atoms with Crippen molar-refractivity contribution in [3.05, 3.63) is 66.9 Å². The summed E-state index contributed by atoms with van der Waals surface area (Å²) in [6.07, 6.45) is 3.07. The van der Waals surface area contributed by atoms with Crippen molar-refractivity contribution in [3.63, 3.8) is 0 Å². The van der Waals surface area contributed by atoms with Gasteiger partial charge in [-0.15, -0.1) is 0 Å². The van der Waals surface area contributed by atoms with Crippen LogP contribution in [0, 0.1) is 5.82 Å². The lowest BCUT2D eigenvalue weighted by molar-refractivity contribution is -0.136. The Bertz CT molecular complexity index is 786. The first kappa shape index (κ1) is 17.7. The number of nitrogens with zero attached hydrogens (tertiary/aromatic N) is 1. The van der Waals surface area contributed by atoms with Gasteiger partial charge in [-0.1, -0.05) is 30.3 Å². The highest BCUT2D eigenvalue weighted by Gasteiger charge is 2.04. The molecule has 0 bridgehead atoms. The predicted octanol–water partition coefficient (Wildman–Crippen LogP) is 4.54. The standard InChI is InChI=1S/C15H10FNO.C3H6O2S/c16-14-6-4-11(5-7-14)12-2-1-3-13(8-12)15-9-17-10-18-15;1-2(6)3(4)5/h1-10H;2,6H,1H3,(H,4,5). The molecule has 0 fully saturated rings. The highest BCUT2D eigenvalue weighted by molar-refractivity contribution is 7.81. The Balaban J connectivity index is 0.000000301. The van der Waals surface area contributed by atoms with E-state index < -0.39 is 11.2 Å². The Morgan fingerprint density at radius 2 is 1.79 bits per heavy atom. The highest BCUT2D eigenvalue weighted by Crippen LogP contribution is 2.26. The molecule has 4 nitrogen and oxygen atoms in total. The summed E-state index contributed by atoms with van der Waals surface area (Å²) < 4.78 is 18.1. The van der Waals surface area contributed by atoms with Crippen LogP contribution in [0.2, 0.25) is 0 Å². The minimum Gasteiger partial charge on any atom is -0.480 e. The summed E-state index contributed by atoms with van der Waals surface area (Å²) in [5.41, 5.74) is 2.94. The topological polar surface area (TPSA) is 63.3 Å².